The van der Waals surface area contributed by atoms with E-state index in [2.05, 4.69) is 12.1 Å². The van der Waals surface area contributed by atoms with Gasteiger partial charge in [-0.2, -0.15) is 0 Å². The van der Waals surface area contributed by atoms with E-state index in [9.17, 15) is 4.79 Å². The minimum Gasteiger partial charge on any atom is -0.451 e. The molecule has 0 aliphatic carbocycles. The van der Waals surface area contributed by atoms with Gasteiger partial charge < -0.3 is 19.8 Å². The van der Waals surface area contributed by atoms with E-state index in [1.54, 1.807) is 7.11 Å². The van der Waals surface area contributed by atoms with Gasteiger partial charge in [-0.15, -0.1) is 0 Å². The monoisotopic (exact) mass is 364 g/mol. The van der Waals surface area contributed by atoms with Crippen molar-refractivity contribution in [3.63, 3.8) is 0 Å². The largest absolute Gasteiger partial charge is 0.451 e. The highest BCUT2D eigenvalue weighted by atomic mass is 16.5. The number of carbonyl (C=O) groups is 1. The van der Waals surface area contributed by atoms with Crippen LogP contribution in [-0.4, -0.2) is 37.6 Å². The first-order chi connectivity index (χ1) is 13.2. The molecule has 5 nitrogen and oxygen atoms in total. The molecule has 4 rings (SSSR count). The van der Waals surface area contributed by atoms with Gasteiger partial charge in [-0.25, -0.2) is 0 Å². The fourth-order valence-corrected chi connectivity index (χ4v) is 4.06. The summed E-state index contributed by atoms with van der Waals surface area (Å²) in [7, 11) is 1.63. The van der Waals surface area contributed by atoms with Gasteiger partial charge in [0.25, 0.3) is 5.91 Å². The van der Waals surface area contributed by atoms with Crippen molar-refractivity contribution in [2.24, 2.45) is 11.7 Å². The lowest BCUT2D eigenvalue weighted by molar-refractivity contribution is 0.0750. The molecule has 0 spiro atoms. The number of rotatable bonds is 5. The Morgan fingerprint density at radius 1 is 1.15 bits per heavy atom. The molecule has 0 bridgehead atoms. The van der Waals surface area contributed by atoms with Crippen molar-refractivity contribution >= 4 is 16.9 Å². The zero-order valence-corrected chi connectivity index (χ0v) is 15.4. The molecular formula is C22H24N2O3. The summed E-state index contributed by atoms with van der Waals surface area (Å²) in [5.74, 6) is 0.777. The van der Waals surface area contributed by atoms with Crippen LogP contribution in [0.1, 0.15) is 27.6 Å². The third kappa shape index (κ3) is 3.24. The van der Waals surface area contributed by atoms with Crippen LogP contribution in [0.4, 0.5) is 0 Å². The number of carbonyl (C=O) groups excluding carboxylic acids is 1. The van der Waals surface area contributed by atoms with Crippen LogP contribution < -0.4 is 5.73 Å². The molecule has 2 aromatic carbocycles. The Bertz CT molecular complexity index is 935. The van der Waals surface area contributed by atoms with Crippen molar-refractivity contribution < 1.29 is 13.9 Å². The second-order valence-electron chi connectivity index (χ2n) is 7.06. The maximum Gasteiger partial charge on any atom is 0.290 e. The van der Waals surface area contributed by atoms with Crippen LogP contribution in [-0.2, 0) is 11.3 Å². The van der Waals surface area contributed by atoms with E-state index in [1.807, 2.05) is 47.4 Å². The molecule has 3 aromatic rings. The highest BCUT2D eigenvalue weighted by Crippen LogP contribution is 2.34. The predicted octanol–water partition coefficient (Wildman–Crippen LogP) is 3.39. The van der Waals surface area contributed by atoms with Crippen molar-refractivity contribution in [3.8, 4) is 0 Å². The van der Waals surface area contributed by atoms with Crippen molar-refractivity contribution in [2.45, 2.75) is 12.5 Å². The van der Waals surface area contributed by atoms with Gasteiger partial charge >= 0.3 is 0 Å². The van der Waals surface area contributed by atoms with E-state index in [-0.39, 0.29) is 17.7 Å². The normalized spacial score (nSPS) is 19.7. The highest BCUT2D eigenvalue weighted by molar-refractivity contribution is 5.99. The van der Waals surface area contributed by atoms with Gasteiger partial charge in [-0.1, -0.05) is 48.5 Å². The highest BCUT2D eigenvalue weighted by Gasteiger charge is 2.37. The molecule has 2 atom stereocenters. The third-order valence-corrected chi connectivity index (χ3v) is 5.44. The number of fused-ring (bicyclic) bond motifs is 1. The van der Waals surface area contributed by atoms with Crippen molar-refractivity contribution in [2.75, 3.05) is 26.7 Å². The average Bonchev–Trinajstić information content (AvgIpc) is 3.31. The second kappa shape index (κ2) is 7.55. The van der Waals surface area contributed by atoms with Crippen molar-refractivity contribution in [1.82, 2.24) is 4.90 Å². The van der Waals surface area contributed by atoms with E-state index in [1.165, 1.54) is 5.56 Å². The molecule has 5 heteroatoms. The molecule has 1 amide bonds. The van der Waals surface area contributed by atoms with Crippen LogP contribution in [0.5, 0.6) is 0 Å². The average molecular weight is 364 g/mol. The van der Waals surface area contributed by atoms with Crippen LogP contribution in [0.25, 0.3) is 11.0 Å². The molecule has 1 aromatic heterocycles. The first-order valence-corrected chi connectivity index (χ1v) is 9.26. The van der Waals surface area contributed by atoms with Crippen molar-refractivity contribution in [3.05, 3.63) is 71.5 Å². The number of furan rings is 1. The van der Waals surface area contributed by atoms with Crippen LogP contribution in [0.2, 0.25) is 0 Å². The van der Waals surface area contributed by atoms with Gasteiger partial charge in [-0.05, 0) is 24.1 Å². The molecule has 140 valence electrons. The smallest absolute Gasteiger partial charge is 0.290 e. The van der Waals surface area contributed by atoms with E-state index in [0.29, 0.717) is 37.6 Å². The number of nitrogens with zero attached hydrogens (tertiary/aromatic N) is 1. The number of nitrogens with two attached hydrogens (primary N) is 1. The summed E-state index contributed by atoms with van der Waals surface area (Å²) in [5.41, 5.74) is 8.77. The van der Waals surface area contributed by atoms with Gasteiger partial charge in [0, 0.05) is 37.1 Å². The topological polar surface area (TPSA) is 68.7 Å². The molecule has 2 N–H and O–H groups in total. The zero-order chi connectivity index (χ0) is 18.8. The molecule has 2 heterocycles. The third-order valence-electron chi connectivity index (χ3n) is 5.44. The Balaban J connectivity index is 1.65. The van der Waals surface area contributed by atoms with Crippen LogP contribution in [0.3, 0.4) is 0 Å². The summed E-state index contributed by atoms with van der Waals surface area (Å²) in [6.07, 6.45) is 0. The Morgan fingerprint density at radius 2 is 1.89 bits per heavy atom. The molecule has 0 unspecified atom stereocenters. The number of para-hydroxylation sites is 1. The summed E-state index contributed by atoms with van der Waals surface area (Å²) < 4.78 is 11.3. The van der Waals surface area contributed by atoms with E-state index in [0.717, 1.165) is 10.9 Å². The van der Waals surface area contributed by atoms with Crippen LogP contribution in [0.15, 0.2) is 59.0 Å². The molecule has 1 saturated heterocycles. The van der Waals surface area contributed by atoms with Gasteiger partial charge in [0.2, 0.25) is 0 Å². The minimum atomic E-state index is -0.0878. The Labute approximate surface area is 158 Å². The lowest BCUT2D eigenvalue weighted by Crippen LogP contribution is -2.30. The summed E-state index contributed by atoms with van der Waals surface area (Å²) in [5, 5.41) is 0.928. The van der Waals surface area contributed by atoms with Gasteiger partial charge in [-0.3, -0.25) is 4.79 Å². The predicted molar refractivity (Wildman–Crippen MR) is 105 cm³/mol. The standard InChI is InChI=1S/C22H24N2O3/c1-26-14-19-17-9-5-6-10-20(17)27-21(19)22(25)24-12-16(11-23)18(13-24)15-7-3-2-4-8-15/h2-10,16,18H,11-14,23H2,1H3/t16-,18+/m1/s1. The summed E-state index contributed by atoms with van der Waals surface area (Å²) in [6, 6.07) is 18.0. The Hall–Kier alpha value is -2.63. The second-order valence-corrected chi connectivity index (χ2v) is 7.06. The molecule has 1 fully saturated rings. The fourth-order valence-electron chi connectivity index (χ4n) is 4.06. The van der Waals surface area contributed by atoms with Gasteiger partial charge in [0.1, 0.15) is 5.58 Å². The number of methoxy groups -OCH3 is 1. The fraction of sp³-hybridized carbons (Fsp3) is 0.318. The quantitative estimate of drug-likeness (QED) is 0.753. The van der Waals surface area contributed by atoms with Crippen LogP contribution in [0, 0.1) is 5.92 Å². The SMILES string of the molecule is COCc1c(C(=O)N2C[C@@H](CN)[C@H](c3ccccc3)C2)oc2ccccc12. The summed E-state index contributed by atoms with van der Waals surface area (Å²) in [4.78, 5) is 15.2. The lowest BCUT2D eigenvalue weighted by atomic mass is 9.89. The molecule has 0 radical (unpaired) electrons. The van der Waals surface area contributed by atoms with Gasteiger partial charge in [0.15, 0.2) is 5.76 Å². The minimum absolute atomic E-state index is 0.0878. The first kappa shape index (κ1) is 17.8. The number of benzene rings is 2. The van der Waals surface area contributed by atoms with Gasteiger partial charge in [0.05, 0.1) is 6.61 Å². The lowest BCUT2D eigenvalue weighted by Gasteiger charge is -2.16. The zero-order valence-electron chi connectivity index (χ0n) is 15.4. The van der Waals surface area contributed by atoms with E-state index in [4.69, 9.17) is 14.9 Å². The molecular weight excluding hydrogens is 340 g/mol. The molecule has 0 saturated carbocycles. The maximum atomic E-state index is 13.3. The van der Waals surface area contributed by atoms with E-state index < -0.39 is 0 Å². The maximum absolute atomic E-state index is 13.3. The first-order valence-electron chi connectivity index (χ1n) is 9.26. The van der Waals surface area contributed by atoms with E-state index >= 15 is 0 Å². The summed E-state index contributed by atoms with van der Waals surface area (Å²) >= 11 is 0. The van der Waals surface area contributed by atoms with Crippen LogP contribution >= 0.6 is 0 Å². The summed E-state index contributed by atoms with van der Waals surface area (Å²) in [6.45, 7) is 2.18. The number of hydrogen-bond acceptors (Lipinski definition) is 4. The molecule has 27 heavy (non-hydrogen) atoms. The molecule has 1 aliphatic rings. The van der Waals surface area contributed by atoms with Crippen molar-refractivity contribution in [1.29, 1.82) is 0 Å². The Morgan fingerprint density at radius 3 is 2.63 bits per heavy atom. The molecule has 1 aliphatic heterocycles. The number of ether oxygens (including phenoxy) is 1. The Kier molecular flexibility index (Phi) is 4.97. The number of amides is 1. The number of hydrogen-bond donors (Lipinski definition) is 1. The number of likely N-dealkylation sites (tertiary alicyclic amines) is 1.